The van der Waals surface area contributed by atoms with Gasteiger partial charge in [-0.25, -0.2) is 9.18 Å². The number of benzene rings is 2. The minimum Gasteiger partial charge on any atom is -0.477 e. The Labute approximate surface area is 122 Å². The van der Waals surface area contributed by atoms with Crippen molar-refractivity contribution in [3.05, 3.63) is 62.9 Å². The number of carbonyl (C=O) groups is 1. The molecule has 0 atom stereocenters. The maximum Gasteiger partial charge on any atom is 0.342 e. The van der Waals surface area contributed by atoms with E-state index in [-0.39, 0.29) is 16.5 Å². The molecule has 8 heteroatoms. The molecule has 0 radical (unpaired) electrons. The molecule has 0 unspecified atom stereocenters. The zero-order valence-corrected chi connectivity index (χ0v) is 11.0. The molecule has 0 amide bonds. The molecule has 0 saturated heterocycles. The number of hydrogen-bond donors (Lipinski definition) is 1. The molecule has 21 heavy (non-hydrogen) atoms. The van der Waals surface area contributed by atoms with Crippen molar-refractivity contribution in [2.45, 2.75) is 0 Å². The largest absolute Gasteiger partial charge is 0.477 e. The van der Waals surface area contributed by atoms with Gasteiger partial charge < -0.3 is 9.84 Å². The third kappa shape index (κ3) is 3.26. The fourth-order valence-corrected chi connectivity index (χ4v) is 1.75. The van der Waals surface area contributed by atoms with Crippen molar-refractivity contribution in [1.82, 2.24) is 0 Å². The summed E-state index contributed by atoms with van der Waals surface area (Å²) in [5, 5.41) is 19.5. The van der Waals surface area contributed by atoms with Gasteiger partial charge in [0.25, 0.3) is 5.69 Å². The normalized spacial score (nSPS) is 10.2. The van der Waals surface area contributed by atoms with Crippen LogP contribution in [0.2, 0.25) is 5.02 Å². The van der Waals surface area contributed by atoms with Gasteiger partial charge in [0.05, 0.1) is 16.0 Å². The zero-order valence-electron chi connectivity index (χ0n) is 10.2. The van der Waals surface area contributed by atoms with Crippen LogP contribution in [-0.4, -0.2) is 16.0 Å². The summed E-state index contributed by atoms with van der Waals surface area (Å²) in [6.45, 7) is 0. The Morgan fingerprint density at radius 3 is 2.43 bits per heavy atom. The number of carboxylic acid groups (broad SMARTS) is 1. The topological polar surface area (TPSA) is 89.7 Å². The van der Waals surface area contributed by atoms with Crippen molar-refractivity contribution in [2.75, 3.05) is 0 Å². The first-order valence-corrected chi connectivity index (χ1v) is 5.91. The summed E-state index contributed by atoms with van der Waals surface area (Å²) in [5.74, 6) is -1.84. The summed E-state index contributed by atoms with van der Waals surface area (Å²) >= 11 is 5.59. The maximum absolute atomic E-state index is 13.0. The molecule has 0 aromatic heterocycles. The Bertz CT molecular complexity index is 734. The van der Waals surface area contributed by atoms with Crippen LogP contribution >= 0.6 is 11.6 Å². The van der Waals surface area contributed by atoms with Crippen LogP contribution in [0.1, 0.15) is 10.4 Å². The average Bonchev–Trinajstić information content (AvgIpc) is 2.42. The van der Waals surface area contributed by atoms with Gasteiger partial charge in [-0.05, 0) is 24.3 Å². The first-order chi connectivity index (χ1) is 9.88. The second-order valence-corrected chi connectivity index (χ2v) is 4.33. The zero-order chi connectivity index (χ0) is 15.6. The molecule has 2 rings (SSSR count). The van der Waals surface area contributed by atoms with Gasteiger partial charge in [-0.15, -0.1) is 0 Å². The second kappa shape index (κ2) is 5.76. The number of nitro benzene ring substituents is 1. The van der Waals surface area contributed by atoms with Crippen molar-refractivity contribution < 1.29 is 24.0 Å². The summed E-state index contributed by atoms with van der Waals surface area (Å²) in [4.78, 5) is 20.9. The van der Waals surface area contributed by atoms with Gasteiger partial charge in [0.15, 0.2) is 0 Å². The standard InChI is InChI=1S/C13H7ClFNO5/c14-10-5-7(2-4-11(10)15)21-8-1-3-9(13(17)18)12(6-8)16(19)20/h1-6H,(H,17,18). The Hall–Kier alpha value is -2.67. The lowest BCUT2D eigenvalue weighted by atomic mass is 10.1. The number of nitrogens with zero attached hydrogens (tertiary/aromatic N) is 1. The maximum atomic E-state index is 13.0. The van der Waals surface area contributed by atoms with E-state index in [1.807, 2.05) is 0 Å². The van der Waals surface area contributed by atoms with Crippen LogP contribution < -0.4 is 4.74 Å². The summed E-state index contributed by atoms with van der Waals surface area (Å²) in [6, 6.07) is 6.86. The summed E-state index contributed by atoms with van der Waals surface area (Å²) < 4.78 is 18.3. The van der Waals surface area contributed by atoms with E-state index >= 15 is 0 Å². The van der Waals surface area contributed by atoms with E-state index in [1.165, 1.54) is 18.2 Å². The number of ether oxygens (including phenoxy) is 1. The molecule has 0 bridgehead atoms. The number of nitro groups is 1. The lowest BCUT2D eigenvalue weighted by molar-refractivity contribution is -0.385. The molecule has 108 valence electrons. The highest BCUT2D eigenvalue weighted by Crippen LogP contribution is 2.30. The van der Waals surface area contributed by atoms with Crippen molar-refractivity contribution in [2.24, 2.45) is 0 Å². The molecular weight excluding hydrogens is 305 g/mol. The van der Waals surface area contributed by atoms with E-state index in [4.69, 9.17) is 21.4 Å². The number of aromatic carboxylic acids is 1. The van der Waals surface area contributed by atoms with Crippen LogP contribution in [0.5, 0.6) is 11.5 Å². The molecule has 0 saturated carbocycles. The number of carboxylic acids is 1. The summed E-state index contributed by atoms with van der Waals surface area (Å²) in [6.07, 6.45) is 0. The first kappa shape index (κ1) is 14.7. The van der Waals surface area contributed by atoms with Crippen molar-refractivity contribution in [1.29, 1.82) is 0 Å². The highest BCUT2D eigenvalue weighted by atomic mass is 35.5. The van der Waals surface area contributed by atoms with E-state index in [0.717, 1.165) is 18.2 Å². The molecule has 0 fully saturated rings. The molecule has 0 aliphatic carbocycles. The van der Waals surface area contributed by atoms with Crippen molar-refractivity contribution >= 4 is 23.3 Å². The minimum atomic E-state index is -1.42. The molecule has 0 heterocycles. The molecule has 1 N–H and O–H groups in total. The average molecular weight is 312 g/mol. The van der Waals surface area contributed by atoms with Gasteiger partial charge in [-0.3, -0.25) is 10.1 Å². The second-order valence-electron chi connectivity index (χ2n) is 3.92. The number of rotatable bonds is 4. The van der Waals surface area contributed by atoms with Crippen LogP contribution in [0.15, 0.2) is 36.4 Å². The lowest BCUT2D eigenvalue weighted by Crippen LogP contribution is -2.02. The number of halogens is 2. The van der Waals surface area contributed by atoms with Gasteiger partial charge in [-0.2, -0.15) is 0 Å². The predicted molar refractivity (Wildman–Crippen MR) is 71.5 cm³/mol. The van der Waals surface area contributed by atoms with Gasteiger partial charge >= 0.3 is 5.97 Å². The third-order valence-electron chi connectivity index (χ3n) is 2.52. The van der Waals surface area contributed by atoms with E-state index < -0.39 is 28.0 Å². The molecular formula is C13H7ClFNO5. The van der Waals surface area contributed by atoms with Crippen LogP contribution in [0.4, 0.5) is 10.1 Å². The third-order valence-corrected chi connectivity index (χ3v) is 2.81. The quantitative estimate of drug-likeness (QED) is 0.683. The van der Waals surface area contributed by atoms with Crippen molar-refractivity contribution in [3.8, 4) is 11.5 Å². The Morgan fingerprint density at radius 2 is 1.86 bits per heavy atom. The molecule has 6 nitrogen and oxygen atoms in total. The number of hydrogen-bond acceptors (Lipinski definition) is 4. The summed E-state index contributed by atoms with van der Waals surface area (Å²) in [7, 11) is 0. The Balaban J connectivity index is 2.36. The fourth-order valence-electron chi connectivity index (χ4n) is 1.58. The predicted octanol–water partition coefficient (Wildman–Crippen LogP) is 3.88. The smallest absolute Gasteiger partial charge is 0.342 e. The monoisotopic (exact) mass is 311 g/mol. The van der Waals surface area contributed by atoms with E-state index in [2.05, 4.69) is 0 Å². The summed E-state index contributed by atoms with van der Waals surface area (Å²) in [5.41, 5.74) is -1.06. The fraction of sp³-hybridized carbons (Fsp3) is 0. The van der Waals surface area contributed by atoms with Crippen LogP contribution in [0.25, 0.3) is 0 Å². The molecule has 0 aliphatic heterocycles. The minimum absolute atomic E-state index is 0.0365. The highest BCUT2D eigenvalue weighted by Gasteiger charge is 2.20. The van der Waals surface area contributed by atoms with Crippen LogP contribution in [-0.2, 0) is 0 Å². The van der Waals surface area contributed by atoms with E-state index in [0.29, 0.717) is 0 Å². The molecule has 2 aromatic rings. The first-order valence-electron chi connectivity index (χ1n) is 5.53. The molecule has 2 aromatic carbocycles. The van der Waals surface area contributed by atoms with E-state index in [9.17, 15) is 19.3 Å². The lowest BCUT2D eigenvalue weighted by Gasteiger charge is -2.07. The van der Waals surface area contributed by atoms with Gasteiger partial charge in [-0.1, -0.05) is 11.6 Å². The van der Waals surface area contributed by atoms with Gasteiger partial charge in [0.1, 0.15) is 22.9 Å². The molecule has 0 aliphatic rings. The van der Waals surface area contributed by atoms with Gasteiger partial charge in [0.2, 0.25) is 0 Å². The highest BCUT2D eigenvalue weighted by molar-refractivity contribution is 6.30. The van der Waals surface area contributed by atoms with E-state index in [1.54, 1.807) is 0 Å². The SMILES string of the molecule is O=C(O)c1ccc(Oc2ccc(F)c(Cl)c2)cc1[N+](=O)[O-]. The van der Waals surface area contributed by atoms with Crippen LogP contribution in [0.3, 0.4) is 0 Å². The Kier molecular flexibility index (Phi) is 4.04. The van der Waals surface area contributed by atoms with Gasteiger partial charge in [0, 0.05) is 6.07 Å². The van der Waals surface area contributed by atoms with Crippen LogP contribution in [0, 0.1) is 15.9 Å². The van der Waals surface area contributed by atoms with Crippen molar-refractivity contribution in [3.63, 3.8) is 0 Å². The Morgan fingerprint density at radius 1 is 1.24 bits per heavy atom. The molecule has 0 spiro atoms.